The van der Waals surface area contributed by atoms with Gasteiger partial charge in [0.15, 0.2) is 0 Å². The van der Waals surface area contributed by atoms with E-state index in [1.807, 2.05) is 6.07 Å². The number of methoxy groups -OCH3 is 1. The molecule has 1 aromatic heterocycles. The Balaban J connectivity index is 2.49. The lowest BCUT2D eigenvalue weighted by atomic mass is 10.1. The zero-order valence-corrected chi connectivity index (χ0v) is 12.2. The molecule has 0 saturated carbocycles. The van der Waals surface area contributed by atoms with Crippen molar-refractivity contribution in [2.24, 2.45) is 5.92 Å². The third-order valence-electron chi connectivity index (χ3n) is 2.53. The summed E-state index contributed by atoms with van der Waals surface area (Å²) in [5.74, 6) is -0.870. The summed E-state index contributed by atoms with van der Waals surface area (Å²) in [7, 11) is 3.03. The summed E-state index contributed by atoms with van der Waals surface area (Å²) in [6.07, 6.45) is 0.155. The highest BCUT2D eigenvalue weighted by Crippen LogP contribution is 2.22. The summed E-state index contributed by atoms with van der Waals surface area (Å²) in [6, 6.07) is 3.69. The largest absolute Gasteiger partial charge is 0.469 e. The molecule has 0 unspecified atom stereocenters. The number of rotatable bonds is 5. The van der Waals surface area contributed by atoms with Gasteiger partial charge in [-0.1, -0.05) is 18.5 Å². The molecular formula is C12H16ClNO3S. The van der Waals surface area contributed by atoms with Crippen molar-refractivity contribution >= 4 is 34.8 Å². The maximum absolute atomic E-state index is 11.9. The fourth-order valence-corrected chi connectivity index (χ4v) is 2.60. The Labute approximate surface area is 115 Å². The van der Waals surface area contributed by atoms with E-state index in [0.29, 0.717) is 10.9 Å². The number of carbonyl (C=O) groups excluding carboxylic acids is 2. The summed E-state index contributed by atoms with van der Waals surface area (Å²) >= 11 is 7.27. The number of hydrogen-bond acceptors (Lipinski definition) is 4. The summed E-state index contributed by atoms with van der Waals surface area (Å²) in [6.45, 7) is 2.18. The molecular weight excluding hydrogens is 274 g/mol. The molecule has 1 rings (SSSR count). The van der Waals surface area contributed by atoms with E-state index in [9.17, 15) is 9.59 Å². The van der Waals surface area contributed by atoms with Gasteiger partial charge in [0.25, 0.3) is 0 Å². The second kappa shape index (κ2) is 6.75. The minimum atomic E-state index is -0.420. The van der Waals surface area contributed by atoms with Crippen LogP contribution in [0.2, 0.25) is 4.34 Å². The van der Waals surface area contributed by atoms with Gasteiger partial charge in [-0.05, 0) is 12.1 Å². The first-order valence-electron chi connectivity index (χ1n) is 5.50. The van der Waals surface area contributed by atoms with E-state index in [0.717, 1.165) is 4.88 Å². The third-order valence-corrected chi connectivity index (χ3v) is 3.75. The molecule has 1 amide bonds. The first kappa shape index (κ1) is 15.0. The molecule has 0 bridgehead atoms. The van der Waals surface area contributed by atoms with Crippen molar-refractivity contribution in [2.75, 3.05) is 14.2 Å². The van der Waals surface area contributed by atoms with Gasteiger partial charge in [0, 0.05) is 18.3 Å². The van der Waals surface area contributed by atoms with Crippen LogP contribution in [0, 0.1) is 5.92 Å². The Bertz CT molecular complexity index is 433. The van der Waals surface area contributed by atoms with Crippen LogP contribution in [0.4, 0.5) is 0 Å². The van der Waals surface area contributed by atoms with E-state index in [2.05, 4.69) is 4.74 Å². The van der Waals surface area contributed by atoms with Gasteiger partial charge >= 0.3 is 5.97 Å². The molecule has 18 heavy (non-hydrogen) atoms. The van der Waals surface area contributed by atoms with Crippen LogP contribution < -0.4 is 0 Å². The number of hydrogen-bond donors (Lipinski definition) is 0. The monoisotopic (exact) mass is 289 g/mol. The third kappa shape index (κ3) is 4.31. The smallest absolute Gasteiger partial charge is 0.308 e. The maximum atomic E-state index is 11.9. The zero-order valence-electron chi connectivity index (χ0n) is 10.6. The molecule has 1 atom stereocenters. The number of thiophene rings is 1. The maximum Gasteiger partial charge on any atom is 0.308 e. The van der Waals surface area contributed by atoms with Crippen LogP contribution in [0.15, 0.2) is 12.1 Å². The van der Waals surface area contributed by atoms with E-state index >= 15 is 0 Å². The van der Waals surface area contributed by atoms with Crippen LogP contribution in [-0.2, 0) is 20.9 Å². The Kier molecular flexibility index (Phi) is 5.62. The van der Waals surface area contributed by atoms with Gasteiger partial charge in [0.2, 0.25) is 5.91 Å². The average molecular weight is 290 g/mol. The van der Waals surface area contributed by atoms with Crippen LogP contribution >= 0.6 is 22.9 Å². The first-order valence-corrected chi connectivity index (χ1v) is 6.69. The Morgan fingerprint density at radius 2 is 2.17 bits per heavy atom. The lowest BCUT2D eigenvalue weighted by molar-refractivity contribution is -0.148. The van der Waals surface area contributed by atoms with Crippen molar-refractivity contribution in [3.8, 4) is 0 Å². The molecule has 4 nitrogen and oxygen atoms in total. The molecule has 0 aromatic carbocycles. The number of carbonyl (C=O) groups is 2. The standard InChI is InChI=1S/C12H16ClNO3S/c1-8(12(16)17-3)6-11(15)14(2)7-9-4-5-10(13)18-9/h4-5,8H,6-7H2,1-3H3/t8-/m0/s1. The number of ether oxygens (including phenoxy) is 1. The van der Waals surface area contributed by atoms with Crippen molar-refractivity contribution in [1.82, 2.24) is 4.90 Å². The Morgan fingerprint density at radius 3 is 2.67 bits per heavy atom. The first-order chi connectivity index (χ1) is 8.43. The molecule has 0 aliphatic heterocycles. The molecule has 0 saturated heterocycles. The van der Waals surface area contributed by atoms with Crippen molar-refractivity contribution in [2.45, 2.75) is 19.9 Å². The van der Waals surface area contributed by atoms with Gasteiger partial charge in [-0.25, -0.2) is 0 Å². The quantitative estimate of drug-likeness (QED) is 0.783. The van der Waals surface area contributed by atoms with E-state index in [1.165, 1.54) is 18.4 Å². The van der Waals surface area contributed by atoms with Gasteiger partial charge in [0.05, 0.1) is 23.9 Å². The Morgan fingerprint density at radius 1 is 1.50 bits per heavy atom. The van der Waals surface area contributed by atoms with Crippen molar-refractivity contribution < 1.29 is 14.3 Å². The predicted molar refractivity (Wildman–Crippen MR) is 71.6 cm³/mol. The molecule has 0 aliphatic rings. The lowest BCUT2D eigenvalue weighted by Gasteiger charge is -2.18. The van der Waals surface area contributed by atoms with Gasteiger partial charge in [-0.2, -0.15) is 0 Å². The molecule has 0 spiro atoms. The molecule has 1 aromatic rings. The van der Waals surface area contributed by atoms with Gasteiger partial charge in [0.1, 0.15) is 0 Å². The van der Waals surface area contributed by atoms with Crippen LogP contribution in [-0.4, -0.2) is 30.9 Å². The zero-order chi connectivity index (χ0) is 13.7. The summed E-state index contributed by atoms with van der Waals surface area (Å²) in [4.78, 5) is 25.7. The summed E-state index contributed by atoms with van der Waals surface area (Å²) in [5, 5.41) is 0. The van der Waals surface area contributed by atoms with Crippen molar-refractivity contribution in [3.63, 3.8) is 0 Å². The highest BCUT2D eigenvalue weighted by atomic mass is 35.5. The molecule has 0 aliphatic carbocycles. The fourth-order valence-electron chi connectivity index (χ4n) is 1.46. The predicted octanol–water partition coefficient (Wildman–Crippen LogP) is 2.56. The number of amides is 1. The van der Waals surface area contributed by atoms with Gasteiger partial charge in [-0.15, -0.1) is 11.3 Å². The molecule has 0 radical (unpaired) electrons. The minimum Gasteiger partial charge on any atom is -0.469 e. The summed E-state index contributed by atoms with van der Waals surface area (Å²) < 4.78 is 5.29. The summed E-state index contributed by atoms with van der Waals surface area (Å²) in [5.41, 5.74) is 0. The van der Waals surface area contributed by atoms with Gasteiger partial charge in [-0.3, -0.25) is 9.59 Å². The van der Waals surface area contributed by atoms with Gasteiger partial charge < -0.3 is 9.64 Å². The highest BCUT2D eigenvalue weighted by Gasteiger charge is 2.20. The van der Waals surface area contributed by atoms with E-state index in [1.54, 1.807) is 24.9 Å². The topological polar surface area (TPSA) is 46.6 Å². The second-order valence-electron chi connectivity index (χ2n) is 4.08. The second-order valence-corrected chi connectivity index (χ2v) is 5.88. The number of halogens is 1. The van der Waals surface area contributed by atoms with Crippen molar-refractivity contribution in [1.29, 1.82) is 0 Å². The number of esters is 1. The van der Waals surface area contributed by atoms with Crippen LogP contribution in [0.5, 0.6) is 0 Å². The normalized spacial score (nSPS) is 12.0. The molecule has 1 heterocycles. The van der Waals surface area contributed by atoms with E-state index in [-0.39, 0.29) is 18.3 Å². The lowest BCUT2D eigenvalue weighted by Crippen LogP contribution is -2.29. The Hall–Kier alpha value is -1.07. The van der Waals surface area contributed by atoms with E-state index < -0.39 is 5.92 Å². The highest BCUT2D eigenvalue weighted by molar-refractivity contribution is 7.16. The number of nitrogens with zero attached hydrogens (tertiary/aromatic N) is 1. The van der Waals surface area contributed by atoms with E-state index in [4.69, 9.17) is 11.6 Å². The minimum absolute atomic E-state index is 0.0857. The fraction of sp³-hybridized carbons (Fsp3) is 0.500. The SMILES string of the molecule is COC(=O)[C@@H](C)CC(=O)N(C)Cc1ccc(Cl)s1. The molecule has 100 valence electrons. The molecule has 0 fully saturated rings. The van der Waals surface area contributed by atoms with Crippen LogP contribution in [0.25, 0.3) is 0 Å². The average Bonchev–Trinajstić information content (AvgIpc) is 2.73. The molecule has 6 heteroatoms. The van der Waals surface area contributed by atoms with Crippen LogP contribution in [0.3, 0.4) is 0 Å². The van der Waals surface area contributed by atoms with Crippen molar-refractivity contribution in [3.05, 3.63) is 21.3 Å². The van der Waals surface area contributed by atoms with Crippen LogP contribution in [0.1, 0.15) is 18.2 Å². The molecule has 0 N–H and O–H groups in total.